The maximum atomic E-state index is 12.9. The van der Waals surface area contributed by atoms with Crippen LogP contribution in [-0.2, 0) is 19.6 Å². The second-order valence-corrected chi connectivity index (χ2v) is 8.86. The van der Waals surface area contributed by atoms with E-state index in [1.165, 1.54) is 36.7 Å². The van der Waals surface area contributed by atoms with Crippen molar-refractivity contribution in [3.05, 3.63) is 83.3 Å². The lowest BCUT2D eigenvalue weighted by Gasteiger charge is -2.15. The molecule has 1 aliphatic heterocycles. The van der Waals surface area contributed by atoms with Gasteiger partial charge in [0.15, 0.2) is 0 Å². The predicted octanol–water partition coefficient (Wildman–Crippen LogP) is 3.02. The van der Waals surface area contributed by atoms with Gasteiger partial charge in [0, 0.05) is 18.1 Å². The fourth-order valence-electron chi connectivity index (χ4n) is 3.01. The van der Waals surface area contributed by atoms with E-state index in [2.05, 4.69) is 20.0 Å². The Labute approximate surface area is 188 Å². The largest absolute Gasteiger partial charge is 0.350 e. The summed E-state index contributed by atoms with van der Waals surface area (Å²) in [6.45, 7) is 1.84. The second-order valence-electron chi connectivity index (χ2n) is 6.80. The lowest BCUT2D eigenvalue weighted by molar-refractivity contribution is -0.120. The van der Waals surface area contributed by atoms with E-state index in [0.717, 1.165) is 10.5 Å². The lowest BCUT2D eigenvalue weighted by Crippen LogP contribution is -2.32. The third kappa shape index (κ3) is 4.18. The van der Waals surface area contributed by atoms with Gasteiger partial charge >= 0.3 is 0 Å². The number of aromatic nitrogens is 2. The molecule has 11 heteroatoms. The minimum atomic E-state index is -3.91. The van der Waals surface area contributed by atoms with Gasteiger partial charge in [0.05, 0.1) is 10.6 Å². The van der Waals surface area contributed by atoms with Gasteiger partial charge in [-0.1, -0.05) is 23.7 Å². The van der Waals surface area contributed by atoms with E-state index in [-0.39, 0.29) is 21.6 Å². The van der Waals surface area contributed by atoms with Crippen molar-refractivity contribution in [3.8, 4) is 0 Å². The van der Waals surface area contributed by atoms with Gasteiger partial charge in [-0.3, -0.25) is 9.59 Å². The van der Waals surface area contributed by atoms with Crippen LogP contribution in [0.25, 0.3) is 0 Å². The molecule has 0 saturated carbocycles. The third-order valence-electron chi connectivity index (χ3n) is 4.51. The summed E-state index contributed by atoms with van der Waals surface area (Å²) in [6, 6.07) is 14.0. The van der Waals surface area contributed by atoms with Crippen molar-refractivity contribution in [1.82, 2.24) is 9.97 Å². The standard InChI is InChI=1S/C21H16ClN5O4S/c1-13-4-2-5-15(12-13)27-19(28)17(22)18(20(27)29)25-14-6-8-16(9-7-14)32(30,31)26-21-23-10-3-11-24-21/h2-12,25H,1H3,(H,23,24,26). The van der Waals surface area contributed by atoms with Crippen molar-refractivity contribution in [2.24, 2.45) is 0 Å². The quantitative estimate of drug-likeness (QED) is 0.532. The molecule has 0 atom stereocenters. The molecule has 2 heterocycles. The average molecular weight is 470 g/mol. The SMILES string of the molecule is Cc1cccc(N2C(=O)C(Cl)=C(Nc3ccc(S(=O)(=O)Nc4ncccn4)cc3)C2=O)c1. The highest BCUT2D eigenvalue weighted by Gasteiger charge is 2.39. The average Bonchev–Trinajstić information content (AvgIpc) is 2.98. The molecule has 0 fully saturated rings. The van der Waals surface area contributed by atoms with Crippen LogP contribution < -0.4 is 14.9 Å². The third-order valence-corrected chi connectivity index (χ3v) is 6.21. The fraction of sp³-hybridized carbons (Fsp3) is 0.0476. The summed E-state index contributed by atoms with van der Waals surface area (Å²) in [4.78, 5) is 34.0. The normalized spacial score (nSPS) is 14.1. The van der Waals surface area contributed by atoms with E-state index in [4.69, 9.17) is 11.6 Å². The molecule has 0 unspecified atom stereocenters. The summed E-state index contributed by atoms with van der Waals surface area (Å²) in [7, 11) is -3.91. The summed E-state index contributed by atoms with van der Waals surface area (Å²) in [6.07, 6.45) is 2.82. The first-order valence-corrected chi connectivity index (χ1v) is 11.1. The number of nitrogens with one attached hydrogen (secondary N) is 2. The Hall–Kier alpha value is -3.76. The number of sulfonamides is 1. The zero-order chi connectivity index (χ0) is 22.9. The number of hydrogen-bond acceptors (Lipinski definition) is 7. The minimum absolute atomic E-state index is 0.0363. The summed E-state index contributed by atoms with van der Waals surface area (Å²) in [5, 5.41) is 2.56. The summed E-state index contributed by atoms with van der Waals surface area (Å²) < 4.78 is 27.2. The molecular formula is C21H16ClN5O4S. The summed E-state index contributed by atoms with van der Waals surface area (Å²) in [5.74, 6) is -1.31. The molecule has 3 aromatic rings. The number of anilines is 3. The smallest absolute Gasteiger partial charge is 0.283 e. The van der Waals surface area contributed by atoms with Crippen LogP contribution in [0.1, 0.15) is 5.56 Å². The number of benzene rings is 2. The van der Waals surface area contributed by atoms with Crippen molar-refractivity contribution < 1.29 is 18.0 Å². The molecule has 0 bridgehead atoms. The molecule has 0 spiro atoms. The Kier molecular flexibility index (Phi) is 5.64. The number of nitrogens with zero attached hydrogens (tertiary/aromatic N) is 3. The van der Waals surface area contributed by atoms with Crippen LogP contribution in [0.5, 0.6) is 0 Å². The van der Waals surface area contributed by atoms with E-state index in [1.54, 1.807) is 24.3 Å². The maximum Gasteiger partial charge on any atom is 0.283 e. The van der Waals surface area contributed by atoms with Crippen LogP contribution in [0, 0.1) is 6.92 Å². The number of imide groups is 1. The molecule has 162 valence electrons. The molecule has 0 aliphatic carbocycles. The molecule has 9 nitrogen and oxygen atoms in total. The zero-order valence-electron chi connectivity index (χ0n) is 16.6. The zero-order valence-corrected chi connectivity index (χ0v) is 18.2. The van der Waals surface area contributed by atoms with Crippen LogP contribution >= 0.6 is 11.6 Å². The summed E-state index contributed by atoms with van der Waals surface area (Å²) in [5.41, 5.74) is 1.57. The number of carbonyl (C=O) groups is 2. The van der Waals surface area contributed by atoms with Crippen molar-refractivity contribution in [2.45, 2.75) is 11.8 Å². The van der Waals surface area contributed by atoms with Crippen LogP contribution in [0.2, 0.25) is 0 Å². The van der Waals surface area contributed by atoms with Gasteiger partial charge in [-0.05, 0) is 55.0 Å². The van der Waals surface area contributed by atoms with Gasteiger partial charge in [-0.15, -0.1) is 0 Å². The van der Waals surface area contributed by atoms with Crippen LogP contribution in [0.15, 0.2) is 82.6 Å². The first-order valence-electron chi connectivity index (χ1n) is 9.28. The first kappa shape index (κ1) is 21.5. The van der Waals surface area contributed by atoms with Crippen molar-refractivity contribution in [1.29, 1.82) is 0 Å². The topological polar surface area (TPSA) is 121 Å². The monoisotopic (exact) mass is 469 g/mol. The number of amides is 2. The van der Waals surface area contributed by atoms with E-state index in [1.807, 2.05) is 13.0 Å². The number of rotatable bonds is 6. The molecule has 0 saturated heterocycles. The van der Waals surface area contributed by atoms with Gasteiger partial charge in [0.2, 0.25) is 5.95 Å². The fourth-order valence-corrected chi connectivity index (χ4v) is 4.18. The molecule has 2 amide bonds. The molecule has 4 rings (SSSR count). The highest BCUT2D eigenvalue weighted by atomic mass is 35.5. The molecule has 1 aromatic heterocycles. The lowest BCUT2D eigenvalue weighted by atomic mass is 10.2. The van der Waals surface area contributed by atoms with Crippen molar-refractivity contribution in [3.63, 3.8) is 0 Å². The Morgan fingerprint density at radius 2 is 1.62 bits per heavy atom. The second kappa shape index (κ2) is 8.40. The van der Waals surface area contributed by atoms with E-state index in [9.17, 15) is 18.0 Å². The van der Waals surface area contributed by atoms with Crippen molar-refractivity contribution >= 4 is 50.8 Å². The van der Waals surface area contributed by atoms with E-state index in [0.29, 0.717) is 11.4 Å². The van der Waals surface area contributed by atoms with Gasteiger partial charge in [-0.2, -0.15) is 0 Å². The molecule has 2 N–H and O–H groups in total. The molecule has 2 aromatic carbocycles. The Bertz CT molecular complexity index is 1340. The highest BCUT2D eigenvalue weighted by Crippen LogP contribution is 2.30. The molecular weight excluding hydrogens is 454 g/mol. The van der Waals surface area contributed by atoms with E-state index >= 15 is 0 Å². The Morgan fingerprint density at radius 3 is 2.28 bits per heavy atom. The van der Waals surface area contributed by atoms with Crippen LogP contribution in [0.4, 0.5) is 17.3 Å². The van der Waals surface area contributed by atoms with Crippen LogP contribution in [0.3, 0.4) is 0 Å². The maximum absolute atomic E-state index is 12.9. The highest BCUT2D eigenvalue weighted by molar-refractivity contribution is 7.92. The van der Waals surface area contributed by atoms with Gasteiger partial charge in [0.25, 0.3) is 21.8 Å². The number of hydrogen-bond donors (Lipinski definition) is 2. The number of aryl methyl sites for hydroxylation is 1. The molecule has 1 aliphatic rings. The Balaban J connectivity index is 1.53. The van der Waals surface area contributed by atoms with Gasteiger partial charge < -0.3 is 5.32 Å². The van der Waals surface area contributed by atoms with Crippen LogP contribution in [-0.4, -0.2) is 30.2 Å². The first-order chi connectivity index (χ1) is 15.3. The number of carbonyl (C=O) groups excluding carboxylic acids is 2. The minimum Gasteiger partial charge on any atom is -0.350 e. The Morgan fingerprint density at radius 1 is 0.938 bits per heavy atom. The van der Waals surface area contributed by atoms with Crippen molar-refractivity contribution in [2.75, 3.05) is 14.9 Å². The number of halogens is 1. The molecule has 0 radical (unpaired) electrons. The molecule has 32 heavy (non-hydrogen) atoms. The summed E-state index contributed by atoms with van der Waals surface area (Å²) >= 11 is 6.14. The van der Waals surface area contributed by atoms with Gasteiger partial charge in [0.1, 0.15) is 10.7 Å². The van der Waals surface area contributed by atoms with E-state index < -0.39 is 21.8 Å². The predicted molar refractivity (Wildman–Crippen MR) is 119 cm³/mol. The van der Waals surface area contributed by atoms with Gasteiger partial charge in [-0.25, -0.2) is 28.0 Å².